The number of carbonyl (C=O) groups excluding carboxylic acids is 3. The Morgan fingerprint density at radius 2 is 2.15 bits per heavy atom. The van der Waals surface area contributed by atoms with Gasteiger partial charge in [-0.2, -0.15) is 0 Å². The molecule has 2 aliphatic rings. The van der Waals surface area contributed by atoms with Crippen LogP contribution < -0.4 is 5.32 Å². The number of nitrogens with one attached hydrogen (secondary N) is 1. The highest BCUT2D eigenvalue weighted by molar-refractivity contribution is 9.09. The van der Waals surface area contributed by atoms with E-state index in [9.17, 15) is 24.3 Å². The molecule has 2 N–H and O–H groups in total. The highest BCUT2D eigenvalue weighted by Crippen LogP contribution is 2.40. The number of amides is 2. The van der Waals surface area contributed by atoms with E-state index in [1.807, 2.05) is 17.5 Å². The Hall–Kier alpha value is -1.85. The molecule has 8 nitrogen and oxygen atoms in total. The van der Waals surface area contributed by atoms with Gasteiger partial charge in [0.2, 0.25) is 11.8 Å². The Kier molecular flexibility index (Phi) is 6.22. The molecule has 3 atom stereocenters. The summed E-state index contributed by atoms with van der Waals surface area (Å²) >= 11 is 5.68. The average Bonchev–Trinajstić information content (AvgIpc) is 3.15. The molecule has 0 aliphatic carbocycles. The summed E-state index contributed by atoms with van der Waals surface area (Å²) in [5, 5.41) is 15.3. The van der Waals surface area contributed by atoms with Crippen LogP contribution in [0.4, 0.5) is 0 Å². The first-order valence-electron chi connectivity index (χ1n) is 7.89. The predicted molar refractivity (Wildman–Crippen MR) is 102 cm³/mol. The highest BCUT2D eigenvalue weighted by Gasteiger charge is 2.57. The summed E-state index contributed by atoms with van der Waals surface area (Å²) in [6.07, 6.45) is 0.154. The number of thioether (sulfide) groups is 1. The van der Waals surface area contributed by atoms with Gasteiger partial charge in [0, 0.05) is 10.2 Å². The van der Waals surface area contributed by atoms with Gasteiger partial charge in [-0.15, -0.1) is 23.1 Å². The molecule has 3 rings (SSSR count). The number of hydrogen-bond donors (Lipinski definition) is 2. The summed E-state index contributed by atoms with van der Waals surface area (Å²) in [5.74, 6) is -2.93. The lowest BCUT2D eigenvalue weighted by atomic mass is 9.98. The third-order valence-electron chi connectivity index (χ3n) is 4.00. The molecule has 1 aromatic heterocycles. The van der Waals surface area contributed by atoms with Crippen LogP contribution in [0.5, 0.6) is 0 Å². The van der Waals surface area contributed by atoms with Crippen LogP contribution in [0.2, 0.25) is 0 Å². The number of hydrogen-bond acceptors (Lipinski definition) is 7. The highest BCUT2D eigenvalue weighted by atomic mass is 79.9. The smallest absolute Gasteiger partial charge is 0.337 e. The van der Waals surface area contributed by atoms with Crippen molar-refractivity contribution in [1.82, 2.24) is 10.2 Å². The number of β-lactam (4-membered cyclic amide) rings is 1. The van der Waals surface area contributed by atoms with E-state index in [4.69, 9.17) is 4.74 Å². The minimum Gasteiger partial charge on any atom is -0.479 e. The van der Waals surface area contributed by atoms with Gasteiger partial charge in [0.05, 0.1) is 12.0 Å². The molecule has 1 fully saturated rings. The minimum atomic E-state index is -1.42. The van der Waals surface area contributed by atoms with Gasteiger partial charge in [-0.25, -0.2) is 9.59 Å². The molecule has 11 heteroatoms. The summed E-state index contributed by atoms with van der Waals surface area (Å²) in [4.78, 5) is 50.4. The van der Waals surface area contributed by atoms with Crippen molar-refractivity contribution in [2.75, 3.05) is 11.9 Å². The summed E-state index contributed by atoms with van der Waals surface area (Å²) in [6, 6.07) is 1.42. The van der Waals surface area contributed by atoms with E-state index in [-0.39, 0.29) is 24.5 Å². The zero-order valence-electron chi connectivity index (χ0n) is 13.8. The summed E-state index contributed by atoms with van der Waals surface area (Å²) in [6.45, 7) is 0.0892. The minimum absolute atomic E-state index is 0.0892. The summed E-state index contributed by atoms with van der Waals surface area (Å²) in [5.41, 5.74) is -0.0959. The van der Waals surface area contributed by atoms with Gasteiger partial charge in [0.1, 0.15) is 18.0 Å². The monoisotopic (exact) mass is 474 g/mol. The first-order chi connectivity index (χ1) is 12.9. The maximum Gasteiger partial charge on any atom is 0.337 e. The number of aliphatic carboxylic acids is 1. The molecule has 0 bridgehead atoms. The number of nitrogens with zero attached hydrogens (tertiary/aromatic N) is 1. The molecule has 2 unspecified atom stereocenters. The second kappa shape index (κ2) is 8.44. The lowest BCUT2D eigenvalue weighted by molar-refractivity contribution is -0.161. The van der Waals surface area contributed by atoms with Crippen LogP contribution >= 0.6 is 39.0 Å². The maximum absolute atomic E-state index is 12.5. The third-order valence-corrected chi connectivity index (χ3v) is 6.37. The Bertz CT molecular complexity index is 797. The van der Waals surface area contributed by atoms with Crippen molar-refractivity contribution in [3.63, 3.8) is 0 Å². The summed E-state index contributed by atoms with van der Waals surface area (Å²) in [7, 11) is 0. The molecule has 0 spiro atoms. The van der Waals surface area contributed by atoms with Crippen molar-refractivity contribution in [3.05, 3.63) is 33.4 Å². The van der Waals surface area contributed by atoms with Crippen molar-refractivity contribution in [2.24, 2.45) is 0 Å². The lowest BCUT2D eigenvalue weighted by Gasteiger charge is -2.50. The maximum atomic E-state index is 12.5. The van der Waals surface area contributed by atoms with Crippen LogP contribution in [-0.2, 0) is 30.3 Å². The average molecular weight is 475 g/mol. The Balaban J connectivity index is 1.70. The Morgan fingerprint density at radius 1 is 1.37 bits per heavy atom. The molecule has 2 aliphatic heterocycles. The molecule has 1 aromatic rings. The fraction of sp³-hybridized carbons (Fsp3) is 0.375. The topological polar surface area (TPSA) is 113 Å². The zero-order valence-corrected chi connectivity index (χ0v) is 17.0. The quantitative estimate of drug-likeness (QED) is 0.343. The van der Waals surface area contributed by atoms with E-state index in [2.05, 4.69) is 21.2 Å². The number of halogens is 1. The van der Waals surface area contributed by atoms with Gasteiger partial charge in [-0.1, -0.05) is 22.0 Å². The van der Waals surface area contributed by atoms with Crippen molar-refractivity contribution in [1.29, 1.82) is 0 Å². The number of ether oxygens (including phenoxy) is 1. The van der Waals surface area contributed by atoms with Gasteiger partial charge < -0.3 is 20.1 Å². The van der Waals surface area contributed by atoms with E-state index >= 15 is 0 Å². The number of carboxylic acid groups (broad SMARTS) is 1. The number of carboxylic acids is 1. The second-order valence-corrected chi connectivity index (χ2v) is 8.53. The Morgan fingerprint density at radius 3 is 2.78 bits per heavy atom. The number of carbonyl (C=O) groups is 4. The van der Waals surface area contributed by atoms with Gasteiger partial charge in [0.25, 0.3) is 0 Å². The first-order valence-corrected chi connectivity index (χ1v) is 10.8. The normalized spacial score (nSPS) is 23.7. The summed E-state index contributed by atoms with van der Waals surface area (Å²) < 4.78 is 4.97. The number of fused-ring (bicyclic) bond motifs is 1. The van der Waals surface area contributed by atoms with E-state index < -0.39 is 35.3 Å². The largest absolute Gasteiger partial charge is 0.479 e. The number of thiophene rings is 1. The molecule has 0 saturated carbocycles. The van der Waals surface area contributed by atoms with E-state index in [0.717, 1.165) is 21.5 Å². The SMILES string of the molecule is O=C(Cc1cccs1)NC1C(=O)N2C(C(=O)O)C(C(=O)OCCBr)=CS[C@@H]12. The van der Waals surface area contributed by atoms with Crippen LogP contribution in [-0.4, -0.2) is 63.2 Å². The van der Waals surface area contributed by atoms with Gasteiger partial charge in [-0.05, 0) is 16.9 Å². The van der Waals surface area contributed by atoms with Crippen molar-refractivity contribution in [2.45, 2.75) is 23.9 Å². The molecule has 0 aromatic carbocycles. The molecule has 27 heavy (non-hydrogen) atoms. The molecule has 0 radical (unpaired) electrons. The van der Waals surface area contributed by atoms with Crippen LogP contribution in [0.25, 0.3) is 0 Å². The van der Waals surface area contributed by atoms with Crippen LogP contribution in [0, 0.1) is 0 Å². The van der Waals surface area contributed by atoms with Crippen molar-refractivity contribution in [3.8, 4) is 0 Å². The molecule has 3 heterocycles. The van der Waals surface area contributed by atoms with Crippen LogP contribution in [0.1, 0.15) is 4.88 Å². The molecular weight excluding hydrogens is 460 g/mol. The van der Waals surface area contributed by atoms with E-state index in [0.29, 0.717) is 5.33 Å². The number of rotatable bonds is 7. The molecule has 2 amide bonds. The standard InChI is InChI=1S/C16H15BrN2O6S2/c17-3-4-25-16(24)9-7-27-14-11(13(21)19(14)12(9)15(22)23)18-10(20)6-8-2-1-5-26-8/h1-2,5,7,11-12,14H,3-4,6H2,(H,18,20)(H,22,23)/t11?,12?,14-/m0/s1. The lowest BCUT2D eigenvalue weighted by Crippen LogP contribution is -2.74. The first kappa shape index (κ1) is 19.9. The van der Waals surface area contributed by atoms with E-state index in [1.165, 1.54) is 16.7 Å². The molecule has 1 saturated heterocycles. The van der Waals surface area contributed by atoms with Gasteiger partial charge >= 0.3 is 11.9 Å². The molecule has 144 valence electrons. The van der Waals surface area contributed by atoms with Gasteiger partial charge in [-0.3, -0.25) is 9.59 Å². The fourth-order valence-electron chi connectivity index (χ4n) is 2.82. The Labute approximate surface area is 171 Å². The van der Waals surface area contributed by atoms with Crippen LogP contribution in [0.15, 0.2) is 28.5 Å². The van der Waals surface area contributed by atoms with Crippen LogP contribution in [0.3, 0.4) is 0 Å². The number of esters is 1. The van der Waals surface area contributed by atoms with Crippen molar-refractivity contribution >= 4 is 62.8 Å². The van der Waals surface area contributed by atoms with E-state index in [1.54, 1.807) is 0 Å². The third kappa shape index (κ3) is 4.04. The predicted octanol–water partition coefficient (Wildman–Crippen LogP) is 0.966. The molecular formula is C16H15BrN2O6S2. The fourth-order valence-corrected chi connectivity index (χ4v) is 4.89. The second-order valence-electron chi connectivity index (χ2n) is 5.71. The number of alkyl halides is 1. The zero-order chi connectivity index (χ0) is 19.6. The van der Waals surface area contributed by atoms with Gasteiger partial charge in [0.15, 0.2) is 6.04 Å². The van der Waals surface area contributed by atoms with Crippen molar-refractivity contribution < 1.29 is 29.0 Å².